The summed E-state index contributed by atoms with van der Waals surface area (Å²) < 4.78 is 1.96. The minimum absolute atomic E-state index is 0.0657. The second-order valence-corrected chi connectivity index (χ2v) is 8.41. The van der Waals surface area contributed by atoms with Gasteiger partial charge >= 0.3 is 0 Å². The molecule has 0 saturated heterocycles. The van der Waals surface area contributed by atoms with Crippen LogP contribution in [-0.4, -0.2) is 62.6 Å². The molecule has 3 N–H and O–H groups in total. The smallest absolute Gasteiger partial charge is 0.251 e. The zero-order valence-electron chi connectivity index (χ0n) is 19.1. The number of amides is 1. The highest BCUT2D eigenvalue weighted by Gasteiger charge is 2.11. The first-order chi connectivity index (χ1) is 16.6. The third-order valence-electron chi connectivity index (χ3n) is 5.63. The number of H-pyrrole nitrogens is 1. The quantitative estimate of drug-likeness (QED) is 0.333. The fourth-order valence-corrected chi connectivity index (χ4v) is 3.74. The Hall–Kier alpha value is -4.24. The summed E-state index contributed by atoms with van der Waals surface area (Å²) in [6.45, 7) is 1.98. The number of benzene rings is 2. The van der Waals surface area contributed by atoms with Crippen molar-refractivity contribution in [2.45, 2.75) is 6.54 Å². The average Bonchev–Trinajstić information content (AvgIpc) is 3.51. The summed E-state index contributed by atoms with van der Waals surface area (Å²) in [5, 5.41) is 14.5. The SMILES string of the molecule is CN(C)CCNC(=O)c1ccc(CNc2nc(-c3ccc4cn[nH]c4c3)cn3ccnc23)cc1. The summed E-state index contributed by atoms with van der Waals surface area (Å²) in [7, 11) is 3.96. The van der Waals surface area contributed by atoms with Gasteiger partial charge in [-0.15, -0.1) is 0 Å². The van der Waals surface area contributed by atoms with Crippen LogP contribution in [0.5, 0.6) is 0 Å². The van der Waals surface area contributed by atoms with Gasteiger partial charge in [0.15, 0.2) is 11.5 Å². The number of fused-ring (bicyclic) bond motifs is 2. The molecule has 2 aromatic carbocycles. The monoisotopic (exact) mass is 454 g/mol. The molecule has 0 saturated carbocycles. The second kappa shape index (κ2) is 9.32. The third kappa shape index (κ3) is 4.60. The molecule has 0 aliphatic rings. The van der Waals surface area contributed by atoms with E-state index < -0.39 is 0 Å². The molecule has 0 atom stereocenters. The number of carbonyl (C=O) groups excluding carboxylic acids is 1. The molecular weight excluding hydrogens is 428 g/mol. The van der Waals surface area contributed by atoms with Gasteiger partial charge in [0.25, 0.3) is 5.91 Å². The van der Waals surface area contributed by atoms with Gasteiger partial charge in [0.05, 0.1) is 17.4 Å². The Kier molecular flexibility index (Phi) is 5.92. The first-order valence-electron chi connectivity index (χ1n) is 11.1. The maximum absolute atomic E-state index is 12.3. The number of anilines is 1. The number of nitrogens with zero attached hydrogens (tertiary/aromatic N) is 5. The highest BCUT2D eigenvalue weighted by molar-refractivity contribution is 5.94. The lowest BCUT2D eigenvalue weighted by Crippen LogP contribution is -2.31. The van der Waals surface area contributed by atoms with Crippen molar-refractivity contribution in [2.24, 2.45) is 0 Å². The van der Waals surface area contributed by atoms with Crippen molar-refractivity contribution in [1.29, 1.82) is 0 Å². The van der Waals surface area contributed by atoms with Gasteiger partial charge in [-0.2, -0.15) is 5.10 Å². The Labute approximate surface area is 196 Å². The lowest BCUT2D eigenvalue weighted by atomic mass is 10.1. The molecule has 0 bridgehead atoms. The largest absolute Gasteiger partial charge is 0.363 e. The van der Waals surface area contributed by atoms with Gasteiger partial charge in [0, 0.05) is 54.7 Å². The van der Waals surface area contributed by atoms with Crippen LogP contribution in [0.1, 0.15) is 15.9 Å². The average molecular weight is 455 g/mol. The molecule has 3 aromatic heterocycles. The van der Waals surface area contributed by atoms with Crippen molar-refractivity contribution in [3.8, 4) is 11.3 Å². The van der Waals surface area contributed by atoms with Crippen molar-refractivity contribution >= 4 is 28.3 Å². The van der Waals surface area contributed by atoms with Crippen molar-refractivity contribution in [3.05, 3.63) is 78.4 Å². The van der Waals surface area contributed by atoms with Crippen LogP contribution in [0.25, 0.3) is 27.8 Å². The zero-order chi connectivity index (χ0) is 23.5. The Bertz CT molecular complexity index is 1430. The Morgan fingerprint density at radius 1 is 1.15 bits per heavy atom. The summed E-state index contributed by atoms with van der Waals surface area (Å²) in [4.78, 5) is 23.6. The normalized spacial score (nSPS) is 11.4. The molecule has 5 aromatic rings. The third-order valence-corrected chi connectivity index (χ3v) is 5.63. The molecule has 9 nitrogen and oxygen atoms in total. The van der Waals surface area contributed by atoms with Gasteiger partial charge in [-0.05, 0) is 37.9 Å². The number of carbonyl (C=O) groups is 1. The number of likely N-dealkylation sites (N-methyl/N-ethyl adjacent to an activating group) is 1. The molecule has 0 aliphatic carbocycles. The van der Waals surface area contributed by atoms with E-state index in [9.17, 15) is 4.79 Å². The number of hydrogen-bond donors (Lipinski definition) is 3. The summed E-state index contributed by atoms with van der Waals surface area (Å²) in [5.74, 6) is 0.627. The van der Waals surface area contributed by atoms with E-state index in [4.69, 9.17) is 4.98 Å². The van der Waals surface area contributed by atoms with Crippen molar-refractivity contribution in [3.63, 3.8) is 0 Å². The van der Waals surface area contributed by atoms with Crippen molar-refractivity contribution in [1.82, 2.24) is 34.8 Å². The van der Waals surface area contributed by atoms with Gasteiger partial charge in [-0.25, -0.2) is 9.97 Å². The molecule has 0 radical (unpaired) electrons. The first kappa shape index (κ1) is 21.6. The molecule has 9 heteroatoms. The van der Waals surface area contributed by atoms with E-state index in [1.165, 1.54) is 0 Å². The second-order valence-electron chi connectivity index (χ2n) is 8.41. The minimum atomic E-state index is -0.0657. The fourth-order valence-electron chi connectivity index (χ4n) is 3.74. The van der Waals surface area contributed by atoms with Crippen LogP contribution < -0.4 is 10.6 Å². The van der Waals surface area contributed by atoms with Crippen molar-refractivity contribution in [2.75, 3.05) is 32.5 Å². The number of aromatic nitrogens is 5. The molecule has 0 fully saturated rings. The summed E-state index contributed by atoms with van der Waals surface area (Å²) in [6.07, 6.45) is 7.43. The maximum atomic E-state index is 12.3. The van der Waals surface area contributed by atoms with Crippen LogP contribution in [0, 0.1) is 0 Å². The highest BCUT2D eigenvalue weighted by Crippen LogP contribution is 2.25. The predicted octanol–water partition coefficient (Wildman–Crippen LogP) is 3.18. The van der Waals surface area contributed by atoms with Gasteiger partial charge in [0.2, 0.25) is 0 Å². The molecule has 172 valence electrons. The number of imidazole rings is 1. The zero-order valence-corrected chi connectivity index (χ0v) is 19.1. The van der Waals surface area contributed by atoms with Gasteiger partial charge in [0.1, 0.15) is 0 Å². The van der Waals surface area contributed by atoms with Crippen molar-refractivity contribution < 1.29 is 4.79 Å². The van der Waals surface area contributed by atoms with E-state index >= 15 is 0 Å². The summed E-state index contributed by atoms with van der Waals surface area (Å²) in [6, 6.07) is 13.7. The van der Waals surface area contributed by atoms with Gasteiger partial charge in [-0.3, -0.25) is 9.89 Å². The molecule has 5 rings (SSSR count). The van der Waals surface area contributed by atoms with E-state index in [2.05, 4.69) is 25.8 Å². The highest BCUT2D eigenvalue weighted by atomic mass is 16.1. The van der Waals surface area contributed by atoms with E-state index in [1.54, 1.807) is 12.4 Å². The Morgan fingerprint density at radius 2 is 2.00 bits per heavy atom. The van der Waals surface area contributed by atoms with E-state index in [-0.39, 0.29) is 5.91 Å². The van der Waals surface area contributed by atoms with Gasteiger partial charge in [-0.1, -0.05) is 24.3 Å². The standard InChI is InChI=1S/C25H26N8O/c1-32(2)11-9-27-25(34)18-5-3-17(4-6-18)14-28-23-24-26-10-12-33(24)16-22(30-23)19-7-8-20-15-29-31-21(20)13-19/h3-8,10,12-13,15-16H,9,11,14H2,1-2H3,(H,27,34)(H,28,30)(H,29,31). The maximum Gasteiger partial charge on any atom is 0.251 e. The molecule has 0 unspecified atom stereocenters. The Morgan fingerprint density at radius 3 is 2.82 bits per heavy atom. The first-order valence-corrected chi connectivity index (χ1v) is 11.1. The number of rotatable bonds is 8. The number of hydrogen-bond acceptors (Lipinski definition) is 6. The van der Waals surface area contributed by atoms with Crippen LogP contribution in [0.15, 0.2) is 67.3 Å². The number of aromatic amines is 1. The molecule has 1 amide bonds. The fraction of sp³-hybridized carbons (Fsp3) is 0.200. The van der Waals surface area contributed by atoms with E-state index in [0.29, 0.717) is 24.5 Å². The van der Waals surface area contributed by atoms with Crippen LogP contribution in [0.4, 0.5) is 5.82 Å². The lowest BCUT2D eigenvalue weighted by Gasteiger charge is -2.12. The Balaban J connectivity index is 1.32. The molecule has 3 heterocycles. The number of nitrogens with one attached hydrogen (secondary N) is 3. The summed E-state index contributed by atoms with van der Waals surface area (Å²) >= 11 is 0. The molecule has 0 aliphatic heterocycles. The topological polar surface area (TPSA) is 103 Å². The van der Waals surface area contributed by atoms with Crippen LogP contribution in [-0.2, 0) is 6.54 Å². The predicted molar refractivity (Wildman–Crippen MR) is 133 cm³/mol. The van der Waals surface area contributed by atoms with E-state index in [1.807, 2.05) is 78.3 Å². The molecule has 34 heavy (non-hydrogen) atoms. The van der Waals surface area contributed by atoms with Crippen LogP contribution in [0.3, 0.4) is 0 Å². The van der Waals surface area contributed by atoms with E-state index in [0.717, 1.165) is 39.9 Å². The van der Waals surface area contributed by atoms with Gasteiger partial charge < -0.3 is 19.9 Å². The molecule has 0 spiro atoms. The summed E-state index contributed by atoms with van der Waals surface area (Å²) in [5.41, 5.74) is 5.22. The minimum Gasteiger partial charge on any atom is -0.363 e. The lowest BCUT2D eigenvalue weighted by molar-refractivity contribution is 0.0951. The molecular formula is C25H26N8O. The van der Waals surface area contributed by atoms with Crippen LogP contribution >= 0.6 is 0 Å². The van der Waals surface area contributed by atoms with Crippen LogP contribution in [0.2, 0.25) is 0 Å².